The molecule has 4 nitrogen and oxygen atoms in total. The van der Waals surface area contributed by atoms with Gasteiger partial charge in [0.05, 0.1) is 28.6 Å². The van der Waals surface area contributed by atoms with Gasteiger partial charge in [-0.3, -0.25) is 9.69 Å². The van der Waals surface area contributed by atoms with Crippen molar-refractivity contribution in [2.24, 2.45) is 5.92 Å². The molecule has 0 saturated carbocycles. The number of halogens is 2. The molecule has 6 heteroatoms. The van der Waals surface area contributed by atoms with E-state index in [-0.39, 0.29) is 17.9 Å². The molecule has 0 aliphatic carbocycles. The number of nitrogens with zero attached hydrogens (tertiary/aromatic N) is 2. The monoisotopic (exact) mass is 340 g/mol. The summed E-state index contributed by atoms with van der Waals surface area (Å²) in [7, 11) is 0. The number of carbonyl (C=O) groups excluding carboxylic acids is 1. The van der Waals surface area contributed by atoms with Gasteiger partial charge < -0.3 is 4.74 Å². The van der Waals surface area contributed by atoms with E-state index in [0.717, 1.165) is 5.56 Å². The van der Waals surface area contributed by atoms with Gasteiger partial charge in [-0.15, -0.1) is 0 Å². The Labute approximate surface area is 140 Å². The first-order chi connectivity index (χ1) is 10.6. The first-order valence-corrected chi connectivity index (χ1v) is 8.07. The summed E-state index contributed by atoms with van der Waals surface area (Å²) in [5.74, 6) is -0.199. The van der Waals surface area contributed by atoms with Gasteiger partial charge in [0, 0.05) is 13.1 Å². The highest BCUT2D eigenvalue weighted by atomic mass is 35.5. The fraction of sp³-hybridized carbons (Fsp3) is 0.500. The van der Waals surface area contributed by atoms with Crippen molar-refractivity contribution in [3.8, 4) is 6.07 Å². The molecule has 1 aromatic carbocycles. The molecule has 0 aromatic heterocycles. The standard InChI is InChI=1S/C16H18Cl2N2O2/c1-2-22-16(21)11-5-7-20(8-6-11)15(10-19)12-3-4-13(17)14(18)9-12/h3-4,9,11,15H,2,5-8H2,1H3/t15-/m0/s1. The zero-order valence-corrected chi connectivity index (χ0v) is 13.9. The van der Waals surface area contributed by atoms with E-state index in [1.54, 1.807) is 12.1 Å². The van der Waals surface area contributed by atoms with E-state index in [0.29, 0.717) is 42.6 Å². The molecule has 1 fully saturated rings. The van der Waals surface area contributed by atoms with Gasteiger partial charge in [0.2, 0.25) is 0 Å². The minimum atomic E-state index is -0.377. The molecule has 118 valence electrons. The molecule has 0 spiro atoms. The predicted octanol–water partition coefficient (Wildman–Crippen LogP) is 3.83. The Bertz CT molecular complexity index is 578. The number of carbonyl (C=O) groups is 1. The van der Waals surface area contributed by atoms with Crippen molar-refractivity contribution in [1.29, 1.82) is 5.26 Å². The first kappa shape index (κ1) is 17.1. The van der Waals surface area contributed by atoms with Crippen molar-refractivity contribution in [3.63, 3.8) is 0 Å². The molecule has 0 bridgehead atoms. The van der Waals surface area contributed by atoms with Crippen molar-refractivity contribution in [2.75, 3.05) is 19.7 Å². The summed E-state index contributed by atoms with van der Waals surface area (Å²) in [6, 6.07) is 7.19. The molecule has 0 radical (unpaired) electrons. The minimum absolute atomic E-state index is 0.0654. The Kier molecular flexibility index (Phi) is 6.07. The topological polar surface area (TPSA) is 53.3 Å². The van der Waals surface area contributed by atoms with Crippen molar-refractivity contribution >= 4 is 29.2 Å². The lowest BCUT2D eigenvalue weighted by Crippen LogP contribution is -2.38. The fourth-order valence-corrected chi connectivity index (χ4v) is 3.01. The van der Waals surface area contributed by atoms with Gasteiger partial charge in [-0.05, 0) is 37.5 Å². The third-order valence-corrected chi connectivity index (χ3v) is 4.64. The number of ether oxygens (including phenoxy) is 1. The van der Waals surface area contributed by atoms with Crippen LogP contribution < -0.4 is 0 Å². The zero-order valence-electron chi connectivity index (χ0n) is 12.4. The summed E-state index contributed by atoms with van der Waals surface area (Å²) in [4.78, 5) is 13.8. The lowest BCUT2D eigenvalue weighted by Gasteiger charge is -2.33. The number of likely N-dealkylation sites (tertiary alicyclic amines) is 1. The number of piperidine rings is 1. The third-order valence-electron chi connectivity index (χ3n) is 3.90. The molecular formula is C16H18Cl2N2O2. The maximum atomic E-state index is 11.8. The van der Waals surface area contributed by atoms with Crippen LogP contribution in [0.15, 0.2) is 18.2 Å². The molecule has 0 N–H and O–H groups in total. The normalized spacial score (nSPS) is 17.7. The van der Waals surface area contributed by atoms with Crippen LogP contribution in [0.3, 0.4) is 0 Å². The van der Waals surface area contributed by atoms with E-state index in [1.165, 1.54) is 0 Å². The van der Waals surface area contributed by atoms with Gasteiger partial charge in [-0.25, -0.2) is 0 Å². The summed E-state index contributed by atoms with van der Waals surface area (Å²) in [6.07, 6.45) is 1.41. The number of nitriles is 1. The number of rotatable bonds is 4. The first-order valence-electron chi connectivity index (χ1n) is 7.32. The van der Waals surface area contributed by atoms with Crippen LogP contribution in [0.5, 0.6) is 0 Å². The molecule has 22 heavy (non-hydrogen) atoms. The zero-order chi connectivity index (χ0) is 16.1. The fourth-order valence-electron chi connectivity index (χ4n) is 2.70. The van der Waals surface area contributed by atoms with E-state index in [4.69, 9.17) is 27.9 Å². The number of esters is 1. The van der Waals surface area contributed by atoms with Gasteiger partial charge in [-0.1, -0.05) is 29.3 Å². The highest BCUT2D eigenvalue weighted by Crippen LogP contribution is 2.31. The van der Waals surface area contributed by atoms with Crippen molar-refractivity contribution in [2.45, 2.75) is 25.8 Å². The van der Waals surface area contributed by atoms with E-state index >= 15 is 0 Å². The summed E-state index contributed by atoms with van der Waals surface area (Å²) in [6.45, 7) is 3.58. The molecule has 1 aliphatic heterocycles. The number of hydrogen-bond acceptors (Lipinski definition) is 4. The van der Waals surface area contributed by atoms with Gasteiger partial charge in [0.25, 0.3) is 0 Å². The summed E-state index contributed by atoms with van der Waals surface area (Å²) in [5.41, 5.74) is 0.825. The van der Waals surface area contributed by atoms with E-state index in [9.17, 15) is 10.1 Å². The van der Waals surface area contributed by atoms with E-state index in [2.05, 4.69) is 11.0 Å². The van der Waals surface area contributed by atoms with Crippen LogP contribution in [0.2, 0.25) is 10.0 Å². The lowest BCUT2D eigenvalue weighted by atomic mass is 9.94. The van der Waals surface area contributed by atoms with Crippen LogP contribution in [0.1, 0.15) is 31.4 Å². The van der Waals surface area contributed by atoms with Gasteiger partial charge in [-0.2, -0.15) is 5.26 Å². The minimum Gasteiger partial charge on any atom is -0.466 e. The Morgan fingerprint density at radius 1 is 1.41 bits per heavy atom. The number of benzene rings is 1. The van der Waals surface area contributed by atoms with Crippen LogP contribution >= 0.6 is 23.2 Å². The summed E-state index contributed by atoms with van der Waals surface area (Å²) < 4.78 is 5.06. The van der Waals surface area contributed by atoms with Crippen LogP contribution in [-0.2, 0) is 9.53 Å². The van der Waals surface area contributed by atoms with Crippen LogP contribution in [-0.4, -0.2) is 30.6 Å². The maximum Gasteiger partial charge on any atom is 0.309 e. The Morgan fingerprint density at radius 2 is 2.09 bits per heavy atom. The average molecular weight is 341 g/mol. The van der Waals surface area contributed by atoms with Crippen molar-refractivity contribution < 1.29 is 9.53 Å². The molecular weight excluding hydrogens is 323 g/mol. The van der Waals surface area contributed by atoms with Gasteiger partial charge >= 0.3 is 5.97 Å². The highest BCUT2D eigenvalue weighted by Gasteiger charge is 2.30. The molecule has 1 saturated heterocycles. The molecule has 1 heterocycles. The Morgan fingerprint density at radius 3 is 2.64 bits per heavy atom. The second-order valence-electron chi connectivity index (χ2n) is 5.27. The molecule has 0 unspecified atom stereocenters. The summed E-state index contributed by atoms with van der Waals surface area (Å²) >= 11 is 12.0. The number of hydrogen-bond donors (Lipinski definition) is 0. The Balaban J connectivity index is 2.03. The predicted molar refractivity (Wildman–Crippen MR) is 85.7 cm³/mol. The highest BCUT2D eigenvalue weighted by molar-refractivity contribution is 6.42. The van der Waals surface area contributed by atoms with E-state index < -0.39 is 0 Å². The average Bonchev–Trinajstić information content (AvgIpc) is 2.52. The van der Waals surface area contributed by atoms with Gasteiger partial charge in [0.1, 0.15) is 6.04 Å². The van der Waals surface area contributed by atoms with Crippen molar-refractivity contribution in [3.05, 3.63) is 33.8 Å². The van der Waals surface area contributed by atoms with Crippen molar-refractivity contribution in [1.82, 2.24) is 4.90 Å². The smallest absolute Gasteiger partial charge is 0.309 e. The second kappa shape index (κ2) is 7.82. The van der Waals surface area contributed by atoms with E-state index in [1.807, 2.05) is 13.0 Å². The SMILES string of the molecule is CCOC(=O)C1CCN([C@@H](C#N)c2ccc(Cl)c(Cl)c2)CC1. The van der Waals surface area contributed by atoms with Crippen LogP contribution in [0.25, 0.3) is 0 Å². The molecule has 1 atom stereocenters. The largest absolute Gasteiger partial charge is 0.466 e. The van der Waals surface area contributed by atoms with Gasteiger partial charge in [0.15, 0.2) is 0 Å². The molecule has 1 aromatic rings. The molecule has 2 rings (SSSR count). The lowest BCUT2D eigenvalue weighted by molar-refractivity contribution is -0.149. The molecule has 1 aliphatic rings. The van der Waals surface area contributed by atoms with Crippen LogP contribution in [0, 0.1) is 17.2 Å². The Hall–Kier alpha value is -1.28. The molecule has 0 amide bonds. The third kappa shape index (κ3) is 3.92. The van der Waals surface area contributed by atoms with Crippen LogP contribution in [0.4, 0.5) is 0 Å². The maximum absolute atomic E-state index is 11.8. The quantitative estimate of drug-likeness (QED) is 0.781. The second-order valence-corrected chi connectivity index (χ2v) is 6.08. The summed E-state index contributed by atoms with van der Waals surface area (Å²) in [5, 5.41) is 10.4.